The molecule has 1 aliphatic heterocycles. The summed E-state index contributed by atoms with van der Waals surface area (Å²) in [7, 11) is 1.57. The van der Waals surface area contributed by atoms with Crippen molar-refractivity contribution in [1.29, 1.82) is 0 Å². The molecule has 0 bridgehead atoms. The Hall–Kier alpha value is -3.15. The summed E-state index contributed by atoms with van der Waals surface area (Å²) in [6.45, 7) is 1.49. The molecule has 2 aromatic carbocycles. The van der Waals surface area contributed by atoms with Crippen molar-refractivity contribution in [3.05, 3.63) is 59.2 Å². The third-order valence-electron chi connectivity index (χ3n) is 3.99. The summed E-state index contributed by atoms with van der Waals surface area (Å²) in [5, 5.41) is 6.65. The lowest BCUT2D eigenvalue weighted by Crippen LogP contribution is -2.15. The number of nitrogens with zero attached hydrogens (tertiary/aromatic N) is 1. The second kappa shape index (κ2) is 7.17. The molecule has 1 N–H and O–H groups in total. The number of hydrogen-bond donors (Lipinski definition) is 1. The van der Waals surface area contributed by atoms with Gasteiger partial charge in [-0.3, -0.25) is 9.59 Å². The normalized spacial score (nSPS) is 15.5. The molecule has 128 valence electrons. The van der Waals surface area contributed by atoms with Crippen LogP contribution in [0.15, 0.2) is 47.6 Å². The molecule has 0 radical (unpaired) electrons. The minimum atomic E-state index is -0.275. The number of rotatable bonds is 5. The van der Waals surface area contributed by atoms with Crippen molar-refractivity contribution in [1.82, 2.24) is 0 Å². The van der Waals surface area contributed by atoms with E-state index in [0.29, 0.717) is 29.0 Å². The van der Waals surface area contributed by atoms with Gasteiger partial charge in [-0.2, -0.15) is 0 Å². The maximum Gasteiger partial charge on any atom is 0.255 e. The fourth-order valence-electron chi connectivity index (χ4n) is 2.58. The van der Waals surface area contributed by atoms with Crippen LogP contribution in [0.4, 0.5) is 5.69 Å². The van der Waals surface area contributed by atoms with Crippen molar-refractivity contribution in [2.75, 3.05) is 12.4 Å². The van der Waals surface area contributed by atoms with Crippen LogP contribution in [0.5, 0.6) is 5.75 Å². The van der Waals surface area contributed by atoms with E-state index in [1.165, 1.54) is 6.92 Å². The number of hydrogen-bond acceptors (Lipinski definition) is 5. The molecule has 6 nitrogen and oxygen atoms in total. The molecule has 2 aromatic rings. The van der Waals surface area contributed by atoms with E-state index in [2.05, 4.69) is 10.5 Å². The number of carbonyl (C=O) groups excluding carboxylic acids is 2. The molecule has 0 aliphatic carbocycles. The third kappa shape index (κ3) is 3.68. The molecule has 0 fully saturated rings. The highest BCUT2D eigenvalue weighted by molar-refractivity contribution is 6.05. The summed E-state index contributed by atoms with van der Waals surface area (Å²) < 4.78 is 5.10. The standard InChI is InChI=1S/C19H18N2O4/c1-12(22)14-5-8-16(18-9-10-20-25-18)17(11-14)21-19(23)13-3-6-15(24-2)7-4-13/h3-8,10-11,18H,9H2,1-2H3,(H,21,23)/t18-/m0/s1. The summed E-state index contributed by atoms with van der Waals surface area (Å²) in [6, 6.07) is 12.0. The first kappa shape index (κ1) is 16.7. The summed E-state index contributed by atoms with van der Waals surface area (Å²) in [4.78, 5) is 29.5. The molecule has 0 spiro atoms. The Morgan fingerprint density at radius 3 is 2.48 bits per heavy atom. The SMILES string of the molecule is COc1ccc(C(=O)Nc2cc(C(C)=O)ccc2[C@@H]2CC=NO2)cc1. The number of nitrogens with one attached hydrogen (secondary N) is 1. The smallest absolute Gasteiger partial charge is 0.255 e. The molecule has 0 aromatic heterocycles. The number of methoxy groups -OCH3 is 1. The van der Waals surface area contributed by atoms with E-state index in [-0.39, 0.29) is 17.8 Å². The predicted molar refractivity (Wildman–Crippen MR) is 94.3 cm³/mol. The minimum Gasteiger partial charge on any atom is -0.497 e. The van der Waals surface area contributed by atoms with Gasteiger partial charge in [0.1, 0.15) is 5.75 Å². The van der Waals surface area contributed by atoms with Crippen molar-refractivity contribution in [3.8, 4) is 5.75 Å². The molecule has 0 saturated heterocycles. The Labute approximate surface area is 145 Å². The first-order valence-electron chi connectivity index (χ1n) is 7.86. The van der Waals surface area contributed by atoms with Gasteiger partial charge < -0.3 is 14.9 Å². The quantitative estimate of drug-likeness (QED) is 0.845. The van der Waals surface area contributed by atoms with Gasteiger partial charge in [0, 0.05) is 35.0 Å². The van der Waals surface area contributed by atoms with E-state index in [4.69, 9.17) is 9.57 Å². The highest BCUT2D eigenvalue weighted by Crippen LogP contribution is 2.32. The van der Waals surface area contributed by atoms with Gasteiger partial charge in [-0.05, 0) is 37.3 Å². The fourth-order valence-corrected chi connectivity index (χ4v) is 2.58. The molecular formula is C19H18N2O4. The van der Waals surface area contributed by atoms with Crippen molar-refractivity contribution in [2.45, 2.75) is 19.4 Å². The lowest BCUT2D eigenvalue weighted by Gasteiger charge is -2.16. The molecule has 6 heteroatoms. The Kier molecular flexibility index (Phi) is 4.79. The number of amides is 1. The summed E-state index contributed by atoms with van der Waals surface area (Å²) in [5.74, 6) is 0.325. The van der Waals surface area contributed by atoms with Crippen molar-refractivity contribution >= 4 is 23.6 Å². The van der Waals surface area contributed by atoms with Gasteiger partial charge in [-0.1, -0.05) is 17.3 Å². The zero-order valence-corrected chi connectivity index (χ0v) is 14.0. The topological polar surface area (TPSA) is 77.0 Å². The molecule has 1 atom stereocenters. The molecule has 0 saturated carbocycles. The molecule has 3 rings (SSSR count). The second-order valence-corrected chi connectivity index (χ2v) is 5.66. The van der Waals surface area contributed by atoms with Crippen LogP contribution in [-0.2, 0) is 4.84 Å². The lowest BCUT2D eigenvalue weighted by molar-refractivity contribution is 0.0860. The molecule has 0 unspecified atom stereocenters. The van der Waals surface area contributed by atoms with E-state index in [9.17, 15) is 9.59 Å². The van der Waals surface area contributed by atoms with E-state index in [1.807, 2.05) is 0 Å². The Morgan fingerprint density at radius 2 is 1.88 bits per heavy atom. The van der Waals surface area contributed by atoms with Gasteiger partial charge >= 0.3 is 0 Å². The van der Waals surface area contributed by atoms with Crippen molar-refractivity contribution in [2.24, 2.45) is 5.16 Å². The molecule has 1 amide bonds. The maximum atomic E-state index is 12.6. The average molecular weight is 338 g/mol. The van der Waals surface area contributed by atoms with Gasteiger partial charge in [0.05, 0.1) is 7.11 Å². The predicted octanol–water partition coefficient (Wildman–Crippen LogP) is 3.60. The zero-order chi connectivity index (χ0) is 17.8. The maximum absolute atomic E-state index is 12.6. The third-order valence-corrected chi connectivity index (χ3v) is 3.99. The van der Waals surface area contributed by atoms with Crippen LogP contribution in [0.3, 0.4) is 0 Å². The van der Waals surface area contributed by atoms with Gasteiger partial charge in [0.15, 0.2) is 11.9 Å². The van der Waals surface area contributed by atoms with Crippen LogP contribution < -0.4 is 10.1 Å². The highest BCUT2D eigenvalue weighted by atomic mass is 16.6. The van der Waals surface area contributed by atoms with Crippen molar-refractivity contribution < 1.29 is 19.2 Å². The van der Waals surface area contributed by atoms with Crippen LogP contribution >= 0.6 is 0 Å². The first-order valence-corrected chi connectivity index (χ1v) is 7.86. The van der Waals surface area contributed by atoms with Crippen LogP contribution in [-0.4, -0.2) is 25.0 Å². The molecular weight excluding hydrogens is 320 g/mol. The number of Topliss-reactive ketones (excluding diaryl/α,β-unsaturated/α-hetero) is 1. The van der Waals surface area contributed by atoms with Crippen molar-refractivity contribution in [3.63, 3.8) is 0 Å². The van der Waals surface area contributed by atoms with Crippen LogP contribution in [0.1, 0.15) is 45.7 Å². The second-order valence-electron chi connectivity index (χ2n) is 5.66. The molecule has 1 heterocycles. The minimum absolute atomic E-state index is 0.0740. The van der Waals surface area contributed by atoms with E-state index < -0.39 is 0 Å². The summed E-state index contributed by atoms with van der Waals surface area (Å²) in [5.41, 5.74) is 2.34. The average Bonchev–Trinajstić information content (AvgIpc) is 3.16. The number of carbonyl (C=O) groups is 2. The number of ketones is 1. The number of oxime groups is 1. The van der Waals surface area contributed by atoms with Gasteiger partial charge in [-0.15, -0.1) is 0 Å². The number of ether oxygens (including phenoxy) is 1. The van der Waals surface area contributed by atoms with E-state index in [0.717, 1.165) is 5.56 Å². The fraction of sp³-hybridized carbons (Fsp3) is 0.211. The largest absolute Gasteiger partial charge is 0.497 e. The monoisotopic (exact) mass is 338 g/mol. The first-order chi connectivity index (χ1) is 12.1. The highest BCUT2D eigenvalue weighted by Gasteiger charge is 2.22. The van der Waals surface area contributed by atoms with Crippen LogP contribution in [0, 0.1) is 0 Å². The Bertz CT molecular complexity index is 820. The van der Waals surface area contributed by atoms with Crippen LogP contribution in [0.2, 0.25) is 0 Å². The van der Waals surface area contributed by atoms with Gasteiger partial charge in [0.2, 0.25) is 0 Å². The lowest BCUT2D eigenvalue weighted by atomic mass is 10.0. The van der Waals surface area contributed by atoms with Gasteiger partial charge in [0.25, 0.3) is 5.91 Å². The Balaban J connectivity index is 1.89. The van der Waals surface area contributed by atoms with Crippen LogP contribution in [0.25, 0.3) is 0 Å². The zero-order valence-electron chi connectivity index (χ0n) is 14.0. The molecule has 25 heavy (non-hydrogen) atoms. The Morgan fingerprint density at radius 1 is 1.16 bits per heavy atom. The summed E-state index contributed by atoms with van der Waals surface area (Å²) >= 11 is 0. The van der Waals surface area contributed by atoms with E-state index >= 15 is 0 Å². The van der Waals surface area contributed by atoms with E-state index in [1.54, 1.807) is 55.8 Å². The number of anilines is 1. The summed E-state index contributed by atoms with van der Waals surface area (Å²) in [6.07, 6.45) is 2.02. The van der Waals surface area contributed by atoms with Gasteiger partial charge in [-0.25, -0.2) is 0 Å². The number of benzene rings is 2. The molecule has 1 aliphatic rings.